The zero-order valence-electron chi connectivity index (χ0n) is 19.9. The Morgan fingerprint density at radius 2 is 1.11 bits per heavy atom. The highest BCUT2D eigenvalue weighted by Crippen LogP contribution is 2.40. The lowest BCUT2D eigenvalue weighted by Gasteiger charge is -2.25. The molecule has 0 bridgehead atoms. The molecule has 0 spiro atoms. The van der Waals surface area contributed by atoms with E-state index in [4.69, 9.17) is 28.9 Å². The molecule has 0 saturated carbocycles. The van der Waals surface area contributed by atoms with Gasteiger partial charge in [0, 0.05) is 55.5 Å². The Balaban J connectivity index is 1.44. The number of ketones is 4. The molecular formula is C30H18Cl2N2O4. The highest BCUT2D eigenvalue weighted by Gasteiger charge is 2.35. The molecule has 0 unspecified atom stereocenters. The molecule has 0 fully saturated rings. The molecule has 4 aromatic rings. The first kappa shape index (κ1) is 24.1. The van der Waals surface area contributed by atoms with Crippen molar-refractivity contribution in [1.82, 2.24) is 0 Å². The Bertz CT molecular complexity index is 1790. The van der Waals surface area contributed by atoms with E-state index in [0.29, 0.717) is 38.5 Å². The molecule has 2 aliphatic carbocycles. The van der Waals surface area contributed by atoms with Crippen LogP contribution in [0.5, 0.6) is 0 Å². The summed E-state index contributed by atoms with van der Waals surface area (Å²) in [6.45, 7) is 1.75. The summed E-state index contributed by atoms with van der Waals surface area (Å²) >= 11 is 13.1. The molecule has 2 aliphatic rings. The summed E-state index contributed by atoms with van der Waals surface area (Å²) in [5.41, 5.74) is 9.73. The first-order chi connectivity index (χ1) is 18.2. The lowest BCUT2D eigenvalue weighted by Crippen LogP contribution is -2.24. The van der Waals surface area contributed by atoms with Crippen LogP contribution in [0.2, 0.25) is 10.0 Å². The quantitative estimate of drug-likeness (QED) is 0.265. The maximum absolute atomic E-state index is 13.5. The van der Waals surface area contributed by atoms with Gasteiger partial charge in [-0.1, -0.05) is 71.7 Å². The van der Waals surface area contributed by atoms with Crippen LogP contribution in [0.3, 0.4) is 0 Å². The lowest BCUT2D eigenvalue weighted by molar-refractivity contribution is 0.0979. The van der Waals surface area contributed by atoms with Crippen LogP contribution in [0.1, 0.15) is 74.8 Å². The minimum Gasteiger partial charge on any atom is -0.398 e. The minimum absolute atomic E-state index is 0.0117. The van der Waals surface area contributed by atoms with Crippen molar-refractivity contribution in [3.63, 3.8) is 0 Å². The maximum atomic E-state index is 13.5. The number of anilines is 2. The van der Waals surface area contributed by atoms with Gasteiger partial charge in [-0.25, -0.2) is 0 Å². The van der Waals surface area contributed by atoms with Gasteiger partial charge in [-0.05, 0) is 24.6 Å². The van der Waals surface area contributed by atoms with Crippen molar-refractivity contribution in [2.75, 3.05) is 11.1 Å². The standard InChI is InChI=1S/C30H18Cl2N2O4/c1-13-21(31)10-19-24(30(38)17-9-5-3-7-15(17)28(19)36)26(13)34-12-20-22(32)11-18-23(25(20)33)29(37)16-8-4-2-6-14(16)27(18)35/h2-11,34H,12,33H2,1H3. The van der Waals surface area contributed by atoms with Gasteiger partial charge in [-0.2, -0.15) is 0 Å². The normalized spacial score (nSPS) is 13.6. The van der Waals surface area contributed by atoms with E-state index >= 15 is 0 Å². The third-order valence-corrected chi connectivity index (χ3v) is 7.89. The summed E-state index contributed by atoms with van der Waals surface area (Å²) in [7, 11) is 0. The van der Waals surface area contributed by atoms with Crippen LogP contribution in [0.25, 0.3) is 0 Å². The average Bonchev–Trinajstić information content (AvgIpc) is 2.92. The molecule has 186 valence electrons. The molecule has 6 nitrogen and oxygen atoms in total. The Morgan fingerprint density at radius 1 is 0.658 bits per heavy atom. The number of benzene rings is 4. The maximum Gasteiger partial charge on any atom is 0.196 e. The number of carbonyl (C=O) groups is 4. The second-order valence-corrected chi connectivity index (χ2v) is 10.0. The van der Waals surface area contributed by atoms with Gasteiger partial charge in [0.15, 0.2) is 23.1 Å². The van der Waals surface area contributed by atoms with Crippen molar-refractivity contribution in [3.05, 3.63) is 126 Å². The number of halogens is 2. The van der Waals surface area contributed by atoms with E-state index in [1.165, 1.54) is 12.1 Å². The number of nitrogens with one attached hydrogen (secondary N) is 1. The van der Waals surface area contributed by atoms with Crippen molar-refractivity contribution in [2.24, 2.45) is 0 Å². The van der Waals surface area contributed by atoms with Gasteiger partial charge in [0.25, 0.3) is 0 Å². The summed E-state index contributed by atoms with van der Waals surface area (Å²) in [6, 6.07) is 16.2. The first-order valence-corrected chi connectivity index (χ1v) is 12.5. The first-order valence-electron chi connectivity index (χ1n) is 11.7. The summed E-state index contributed by atoms with van der Waals surface area (Å²) in [4.78, 5) is 53.1. The van der Waals surface area contributed by atoms with Crippen LogP contribution < -0.4 is 11.1 Å². The molecule has 8 heteroatoms. The predicted molar refractivity (Wildman–Crippen MR) is 146 cm³/mol. The van der Waals surface area contributed by atoms with E-state index in [2.05, 4.69) is 5.32 Å². The van der Waals surface area contributed by atoms with Gasteiger partial charge in [-0.15, -0.1) is 0 Å². The molecule has 0 aromatic heterocycles. The fourth-order valence-electron chi connectivity index (χ4n) is 5.19. The van der Waals surface area contributed by atoms with E-state index in [-0.39, 0.29) is 68.2 Å². The van der Waals surface area contributed by atoms with Crippen LogP contribution >= 0.6 is 23.2 Å². The molecule has 0 saturated heterocycles. The van der Waals surface area contributed by atoms with Crippen molar-refractivity contribution in [3.8, 4) is 0 Å². The number of nitrogens with two attached hydrogens (primary N) is 1. The average molecular weight is 541 g/mol. The Morgan fingerprint density at radius 3 is 1.66 bits per heavy atom. The summed E-state index contributed by atoms with van der Waals surface area (Å²) < 4.78 is 0. The Kier molecular flexibility index (Phi) is 5.49. The fraction of sp³-hybridized carbons (Fsp3) is 0.0667. The molecule has 0 heterocycles. The monoisotopic (exact) mass is 540 g/mol. The fourth-order valence-corrected chi connectivity index (χ4v) is 5.67. The van der Waals surface area contributed by atoms with Crippen molar-refractivity contribution < 1.29 is 19.2 Å². The van der Waals surface area contributed by atoms with Gasteiger partial charge in [0.1, 0.15) is 0 Å². The summed E-state index contributed by atoms with van der Waals surface area (Å²) in [5.74, 6) is -1.29. The van der Waals surface area contributed by atoms with Gasteiger partial charge in [-0.3, -0.25) is 19.2 Å². The second kappa shape index (κ2) is 8.65. The van der Waals surface area contributed by atoms with Gasteiger partial charge in [0.05, 0.1) is 22.5 Å². The zero-order valence-corrected chi connectivity index (χ0v) is 21.5. The van der Waals surface area contributed by atoms with E-state index in [1.54, 1.807) is 55.5 Å². The molecule has 0 aliphatic heterocycles. The topological polar surface area (TPSA) is 106 Å². The molecule has 0 atom stereocenters. The third kappa shape index (κ3) is 3.34. The summed E-state index contributed by atoms with van der Waals surface area (Å²) in [5, 5.41) is 3.70. The van der Waals surface area contributed by atoms with E-state index < -0.39 is 0 Å². The smallest absolute Gasteiger partial charge is 0.196 e. The minimum atomic E-state index is -0.362. The van der Waals surface area contributed by atoms with Gasteiger partial charge in [0.2, 0.25) is 0 Å². The second-order valence-electron chi connectivity index (χ2n) is 9.22. The molecule has 6 rings (SSSR count). The van der Waals surface area contributed by atoms with E-state index in [0.717, 1.165) is 0 Å². The molecule has 4 aromatic carbocycles. The van der Waals surface area contributed by atoms with Crippen LogP contribution in [0.4, 0.5) is 11.4 Å². The van der Waals surface area contributed by atoms with Crippen molar-refractivity contribution >= 4 is 57.7 Å². The highest BCUT2D eigenvalue weighted by atomic mass is 35.5. The SMILES string of the molecule is Cc1c(Cl)cc2c(c1NCc1c(Cl)cc3c(c1N)C(=O)c1ccccc1C3=O)C(=O)c1ccccc1C2=O. The van der Waals surface area contributed by atoms with Crippen LogP contribution in [0.15, 0.2) is 60.7 Å². The Hall–Kier alpha value is -4.26. The highest BCUT2D eigenvalue weighted by molar-refractivity contribution is 6.37. The molecular weight excluding hydrogens is 523 g/mol. The van der Waals surface area contributed by atoms with Crippen LogP contribution in [0, 0.1) is 6.92 Å². The van der Waals surface area contributed by atoms with Crippen LogP contribution in [-0.4, -0.2) is 23.1 Å². The van der Waals surface area contributed by atoms with E-state index in [1.807, 2.05) is 0 Å². The molecule has 38 heavy (non-hydrogen) atoms. The van der Waals surface area contributed by atoms with Crippen molar-refractivity contribution in [1.29, 1.82) is 0 Å². The number of carbonyl (C=O) groups excluding carboxylic acids is 4. The van der Waals surface area contributed by atoms with E-state index in [9.17, 15) is 19.2 Å². The largest absolute Gasteiger partial charge is 0.398 e. The summed E-state index contributed by atoms with van der Waals surface area (Å²) in [6.07, 6.45) is 0. The molecule has 0 radical (unpaired) electrons. The number of rotatable bonds is 3. The Labute approximate surface area is 227 Å². The predicted octanol–water partition coefficient (Wildman–Crippen LogP) is 6.05. The molecule has 3 N–H and O–H groups in total. The third-order valence-electron chi connectivity index (χ3n) is 7.16. The van der Waals surface area contributed by atoms with Gasteiger partial charge >= 0.3 is 0 Å². The number of hydrogen-bond acceptors (Lipinski definition) is 6. The number of nitrogen functional groups attached to an aromatic ring is 1. The molecule has 0 amide bonds. The number of fused-ring (bicyclic) bond motifs is 4. The van der Waals surface area contributed by atoms with Crippen LogP contribution in [-0.2, 0) is 6.54 Å². The van der Waals surface area contributed by atoms with Gasteiger partial charge < -0.3 is 11.1 Å². The number of hydrogen-bond donors (Lipinski definition) is 2. The van der Waals surface area contributed by atoms with Crippen molar-refractivity contribution in [2.45, 2.75) is 13.5 Å². The zero-order chi connectivity index (χ0) is 26.9. The lowest BCUT2D eigenvalue weighted by atomic mass is 9.81.